The van der Waals surface area contributed by atoms with Gasteiger partial charge in [-0.1, -0.05) is 31.4 Å². The van der Waals surface area contributed by atoms with Crippen LogP contribution in [0.5, 0.6) is 11.5 Å². The third-order valence-electron chi connectivity index (χ3n) is 6.48. The summed E-state index contributed by atoms with van der Waals surface area (Å²) in [6, 6.07) is 2.21. The maximum atomic E-state index is 11.3. The minimum Gasteiger partial charge on any atom is -0.507 e. The van der Waals surface area contributed by atoms with Crippen molar-refractivity contribution in [3.63, 3.8) is 0 Å². The van der Waals surface area contributed by atoms with Crippen molar-refractivity contribution in [2.45, 2.75) is 83.8 Å². The average molecular weight is 357 g/mol. The number of phenols is 1. The molecule has 0 spiro atoms. The highest BCUT2D eigenvalue weighted by Crippen LogP contribution is 2.56. The van der Waals surface area contributed by atoms with Crippen molar-refractivity contribution in [2.24, 2.45) is 5.92 Å². The van der Waals surface area contributed by atoms with Gasteiger partial charge in [-0.25, -0.2) is 0 Å². The highest BCUT2D eigenvalue weighted by molar-refractivity contribution is 5.59. The van der Waals surface area contributed by atoms with Gasteiger partial charge in [-0.3, -0.25) is 0 Å². The fourth-order valence-electron chi connectivity index (χ4n) is 4.97. The van der Waals surface area contributed by atoms with E-state index < -0.39 is 0 Å². The number of epoxide rings is 1. The van der Waals surface area contributed by atoms with Crippen molar-refractivity contribution in [1.29, 1.82) is 0 Å². The number of fused-ring (bicyclic) bond motifs is 3. The number of aromatic hydroxyl groups is 1. The van der Waals surface area contributed by atoms with Gasteiger partial charge < -0.3 is 14.6 Å². The summed E-state index contributed by atoms with van der Waals surface area (Å²) in [6.07, 6.45) is 9.21. The molecule has 2 aliphatic heterocycles. The predicted molar refractivity (Wildman–Crippen MR) is 104 cm³/mol. The Bertz CT molecular complexity index is 727. The van der Waals surface area contributed by atoms with E-state index in [4.69, 9.17) is 9.47 Å². The predicted octanol–water partition coefficient (Wildman–Crippen LogP) is 5.81. The molecular weight excluding hydrogens is 324 g/mol. The summed E-state index contributed by atoms with van der Waals surface area (Å²) in [4.78, 5) is 0. The van der Waals surface area contributed by atoms with Crippen molar-refractivity contribution in [3.05, 3.63) is 34.4 Å². The number of aryl methyl sites for hydroxylation is 1. The molecule has 0 amide bonds. The van der Waals surface area contributed by atoms with Crippen LogP contribution in [0.2, 0.25) is 0 Å². The van der Waals surface area contributed by atoms with E-state index in [-0.39, 0.29) is 17.6 Å². The number of benzene rings is 1. The molecule has 3 heteroatoms. The topological polar surface area (TPSA) is 42.0 Å². The van der Waals surface area contributed by atoms with Crippen LogP contribution in [0.15, 0.2) is 17.7 Å². The molecule has 4 rings (SSSR count). The standard InChI is InChI=1S/C23H32O3/c1-5-6-7-8-15-12-18-21(22(24)20(15)19-13-25-19)16-11-14(2)9-10-17(16)23(3,4)26-18/h11-12,16-17,19,24H,5-10,13H2,1-4H3. The van der Waals surface area contributed by atoms with Crippen molar-refractivity contribution in [3.8, 4) is 11.5 Å². The van der Waals surface area contributed by atoms with Gasteiger partial charge in [0.05, 0.1) is 6.61 Å². The summed E-state index contributed by atoms with van der Waals surface area (Å²) in [5.74, 6) is 1.97. The van der Waals surface area contributed by atoms with E-state index >= 15 is 0 Å². The van der Waals surface area contributed by atoms with E-state index in [1.54, 1.807) is 0 Å². The van der Waals surface area contributed by atoms with E-state index in [1.165, 1.54) is 24.0 Å². The zero-order valence-corrected chi connectivity index (χ0v) is 16.6. The van der Waals surface area contributed by atoms with Crippen LogP contribution in [0.1, 0.15) is 88.5 Å². The Balaban J connectivity index is 1.82. The molecule has 1 aliphatic carbocycles. The molecule has 1 N–H and O–H groups in total. The van der Waals surface area contributed by atoms with Crippen molar-refractivity contribution in [2.75, 3.05) is 6.61 Å². The zero-order valence-electron chi connectivity index (χ0n) is 16.6. The van der Waals surface area contributed by atoms with Gasteiger partial charge in [0.2, 0.25) is 0 Å². The van der Waals surface area contributed by atoms with Gasteiger partial charge in [0.15, 0.2) is 0 Å². The summed E-state index contributed by atoms with van der Waals surface area (Å²) in [7, 11) is 0. The van der Waals surface area contributed by atoms with E-state index in [0.717, 1.165) is 49.2 Å². The lowest BCUT2D eigenvalue weighted by Crippen LogP contribution is -2.45. The number of unbranched alkanes of at least 4 members (excludes halogenated alkanes) is 2. The normalized spacial score (nSPS) is 28.6. The fraction of sp³-hybridized carbons (Fsp3) is 0.652. The monoisotopic (exact) mass is 356 g/mol. The molecule has 142 valence electrons. The number of rotatable bonds is 5. The summed E-state index contributed by atoms with van der Waals surface area (Å²) < 4.78 is 12.1. The van der Waals surface area contributed by atoms with Crippen LogP contribution in [-0.2, 0) is 11.2 Å². The van der Waals surface area contributed by atoms with Crippen LogP contribution in [0.25, 0.3) is 0 Å². The molecule has 1 aromatic carbocycles. The number of hydrogen-bond acceptors (Lipinski definition) is 3. The van der Waals surface area contributed by atoms with E-state index in [1.807, 2.05) is 0 Å². The van der Waals surface area contributed by atoms with Gasteiger partial charge in [-0.05, 0) is 58.1 Å². The zero-order chi connectivity index (χ0) is 18.5. The second kappa shape index (κ2) is 6.60. The van der Waals surface area contributed by atoms with Crippen LogP contribution >= 0.6 is 0 Å². The van der Waals surface area contributed by atoms with Gasteiger partial charge in [0.1, 0.15) is 23.2 Å². The molecule has 1 aromatic rings. The van der Waals surface area contributed by atoms with E-state index in [2.05, 4.69) is 39.8 Å². The second-order valence-corrected chi connectivity index (χ2v) is 8.88. The third kappa shape index (κ3) is 3.05. The molecular formula is C23H32O3. The Morgan fingerprint density at radius 3 is 2.69 bits per heavy atom. The third-order valence-corrected chi connectivity index (χ3v) is 6.48. The molecule has 0 saturated carbocycles. The molecule has 2 heterocycles. The van der Waals surface area contributed by atoms with Gasteiger partial charge >= 0.3 is 0 Å². The number of hydrogen-bond donors (Lipinski definition) is 1. The first kappa shape index (κ1) is 17.9. The lowest BCUT2D eigenvalue weighted by molar-refractivity contribution is 0.0106. The molecule has 1 saturated heterocycles. The van der Waals surface area contributed by atoms with Crippen LogP contribution in [0, 0.1) is 5.92 Å². The summed E-state index contributed by atoms with van der Waals surface area (Å²) >= 11 is 0. The van der Waals surface area contributed by atoms with Crippen LogP contribution < -0.4 is 4.74 Å². The van der Waals surface area contributed by atoms with Crippen molar-refractivity contribution in [1.82, 2.24) is 0 Å². The van der Waals surface area contributed by atoms with Gasteiger partial charge in [-0.15, -0.1) is 0 Å². The van der Waals surface area contributed by atoms with Crippen LogP contribution in [0.4, 0.5) is 0 Å². The SMILES string of the molecule is CCCCCc1cc2c(c(O)c1C1CO1)C1C=C(C)CCC1C(C)(C)O2. The quantitative estimate of drug-likeness (QED) is 0.411. The molecule has 26 heavy (non-hydrogen) atoms. The maximum Gasteiger partial charge on any atom is 0.129 e. The second-order valence-electron chi connectivity index (χ2n) is 8.88. The van der Waals surface area contributed by atoms with Gasteiger partial charge in [-0.2, -0.15) is 0 Å². The maximum absolute atomic E-state index is 11.3. The minimum atomic E-state index is -0.209. The number of allylic oxidation sites excluding steroid dienone is 2. The molecule has 3 aliphatic rings. The first-order valence-electron chi connectivity index (χ1n) is 10.3. The van der Waals surface area contributed by atoms with Crippen molar-refractivity contribution < 1.29 is 14.6 Å². The smallest absolute Gasteiger partial charge is 0.129 e. The molecule has 3 atom stereocenters. The number of phenolic OH excluding ortho intramolecular Hbond substituents is 1. The Morgan fingerprint density at radius 2 is 2.00 bits per heavy atom. The molecule has 3 nitrogen and oxygen atoms in total. The van der Waals surface area contributed by atoms with Gasteiger partial charge in [0.25, 0.3) is 0 Å². The van der Waals surface area contributed by atoms with E-state index in [9.17, 15) is 5.11 Å². The highest BCUT2D eigenvalue weighted by Gasteiger charge is 2.46. The first-order valence-corrected chi connectivity index (χ1v) is 10.3. The number of ether oxygens (including phenoxy) is 2. The largest absolute Gasteiger partial charge is 0.507 e. The van der Waals surface area contributed by atoms with Gasteiger partial charge in [0, 0.05) is 23.0 Å². The lowest BCUT2D eigenvalue weighted by atomic mass is 9.67. The average Bonchev–Trinajstić information content (AvgIpc) is 3.38. The lowest BCUT2D eigenvalue weighted by Gasteiger charge is -2.46. The first-order chi connectivity index (χ1) is 12.4. The van der Waals surface area contributed by atoms with Crippen LogP contribution in [0.3, 0.4) is 0 Å². The minimum absolute atomic E-state index is 0.0685. The summed E-state index contributed by atoms with van der Waals surface area (Å²) in [6.45, 7) is 9.56. The Hall–Kier alpha value is -1.48. The molecule has 0 radical (unpaired) electrons. The molecule has 0 bridgehead atoms. The van der Waals surface area contributed by atoms with E-state index in [0.29, 0.717) is 11.7 Å². The Morgan fingerprint density at radius 1 is 1.23 bits per heavy atom. The molecule has 1 fully saturated rings. The molecule has 3 unspecified atom stereocenters. The summed E-state index contributed by atoms with van der Waals surface area (Å²) in [5, 5.41) is 11.3. The highest BCUT2D eigenvalue weighted by atomic mass is 16.6. The summed E-state index contributed by atoms with van der Waals surface area (Å²) in [5.41, 5.74) is 4.45. The Labute approximate surface area is 157 Å². The van der Waals surface area contributed by atoms with Crippen LogP contribution in [-0.4, -0.2) is 17.3 Å². The Kier molecular flexibility index (Phi) is 4.54. The van der Waals surface area contributed by atoms with Crippen molar-refractivity contribution >= 4 is 0 Å². The fourth-order valence-corrected chi connectivity index (χ4v) is 4.97. The molecule has 0 aromatic heterocycles.